The Bertz CT molecular complexity index is 618. The number of aromatic amines is 1. The zero-order valence-corrected chi connectivity index (χ0v) is 13.8. The van der Waals surface area contributed by atoms with Crippen molar-refractivity contribution in [2.45, 2.75) is 44.7 Å². The summed E-state index contributed by atoms with van der Waals surface area (Å²) in [6, 6.07) is -0.628. The molecular formula is C17H24N4O3. The van der Waals surface area contributed by atoms with Gasteiger partial charge < -0.3 is 15.0 Å². The van der Waals surface area contributed by atoms with E-state index in [-0.39, 0.29) is 17.2 Å². The maximum atomic E-state index is 12.5. The molecule has 3 heterocycles. The summed E-state index contributed by atoms with van der Waals surface area (Å²) >= 11 is 0. The van der Waals surface area contributed by atoms with E-state index in [0.29, 0.717) is 13.0 Å². The number of H-pyrrole nitrogens is 1. The molecule has 3 fully saturated rings. The van der Waals surface area contributed by atoms with Gasteiger partial charge in [0.1, 0.15) is 6.04 Å². The van der Waals surface area contributed by atoms with Crippen molar-refractivity contribution < 1.29 is 14.7 Å². The molecule has 7 heteroatoms. The Balaban J connectivity index is 1.41. The third kappa shape index (κ3) is 2.92. The number of nitrogens with zero attached hydrogens (tertiary/aromatic N) is 3. The van der Waals surface area contributed by atoms with E-state index in [1.807, 2.05) is 6.20 Å². The minimum absolute atomic E-state index is 0.0158. The zero-order valence-electron chi connectivity index (χ0n) is 13.8. The molecule has 0 unspecified atom stereocenters. The number of amides is 1. The molecule has 1 atom stereocenters. The van der Waals surface area contributed by atoms with Crippen LogP contribution in [0, 0.1) is 11.3 Å². The number of carbonyl (C=O) groups excluding carboxylic acids is 1. The SMILES string of the molecule is O=C(O)[C@@H]1CC2(CCN(Cc3cnc[nH]3)CC2)CN1C(=O)C1CC1. The van der Waals surface area contributed by atoms with Crippen LogP contribution in [0.25, 0.3) is 0 Å². The van der Waals surface area contributed by atoms with Crippen LogP contribution in [0.15, 0.2) is 12.5 Å². The lowest BCUT2D eigenvalue weighted by Crippen LogP contribution is -2.43. The fraction of sp³-hybridized carbons (Fsp3) is 0.706. The van der Waals surface area contributed by atoms with Crippen LogP contribution in [0.1, 0.15) is 37.8 Å². The van der Waals surface area contributed by atoms with Crippen molar-refractivity contribution >= 4 is 11.9 Å². The zero-order chi connectivity index (χ0) is 16.7. The lowest BCUT2D eigenvalue weighted by atomic mass is 9.76. The van der Waals surface area contributed by atoms with Gasteiger partial charge in [0.15, 0.2) is 0 Å². The lowest BCUT2D eigenvalue weighted by molar-refractivity contribution is -0.148. The first-order valence-corrected chi connectivity index (χ1v) is 8.79. The molecule has 4 rings (SSSR count). The number of aromatic nitrogens is 2. The number of carboxylic acids is 1. The van der Waals surface area contributed by atoms with E-state index in [0.717, 1.165) is 51.0 Å². The van der Waals surface area contributed by atoms with E-state index in [9.17, 15) is 14.7 Å². The van der Waals surface area contributed by atoms with Crippen molar-refractivity contribution in [2.24, 2.45) is 11.3 Å². The molecule has 2 aliphatic heterocycles. The fourth-order valence-electron chi connectivity index (χ4n) is 4.23. The van der Waals surface area contributed by atoms with Gasteiger partial charge in [0.05, 0.1) is 6.33 Å². The number of rotatable bonds is 4. The number of piperidine rings is 1. The van der Waals surface area contributed by atoms with Gasteiger partial charge in [-0.2, -0.15) is 0 Å². The second kappa shape index (κ2) is 5.88. The Morgan fingerprint density at radius 2 is 2.08 bits per heavy atom. The van der Waals surface area contributed by atoms with Crippen LogP contribution in [0.5, 0.6) is 0 Å². The lowest BCUT2D eigenvalue weighted by Gasteiger charge is -2.39. The Morgan fingerprint density at radius 3 is 2.67 bits per heavy atom. The molecule has 7 nitrogen and oxygen atoms in total. The Morgan fingerprint density at radius 1 is 1.33 bits per heavy atom. The van der Waals surface area contributed by atoms with Crippen molar-refractivity contribution in [3.63, 3.8) is 0 Å². The van der Waals surface area contributed by atoms with Crippen molar-refractivity contribution in [1.82, 2.24) is 19.8 Å². The first-order chi connectivity index (χ1) is 11.6. The van der Waals surface area contributed by atoms with Crippen molar-refractivity contribution in [3.8, 4) is 0 Å². The maximum Gasteiger partial charge on any atom is 0.326 e. The average Bonchev–Trinajstić information content (AvgIpc) is 3.17. The molecule has 1 spiro atoms. The number of likely N-dealkylation sites (tertiary alicyclic amines) is 2. The summed E-state index contributed by atoms with van der Waals surface area (Å²) < 4.78 is 0. The summed E-state index contributed by atoms with van der Waals surface area (Å²) in [5.74, 6) is -0.692. The normalized spacial score (nSPS) is 26.8. The van der Waals surface area contributed by atoms with Crippen molar-refractivity contribution in [3.05, 3.63) is 18.2 Å². The predicted molar refractivity (Wildman–Crippen MR) is 86.0 cm³/mol. The smallest absolute Gasteiger partial charge is 0.326 e. The van der Waals surface area contributed by atoms with Crippen LogP contribution in [0.4, 0.5) is 0 Å². The number of carbonyl (C=O) groups is 2. The Labute approximate surface area is 141 Å². The van der Waals surface area contributed by atoms with Crippen LogP contribution in [-0.2, 0) is 16.1 Å². The topological polar surface area (TPSA) is 89.5 Å². The molecular weight excluding hydrogens is 308 g/mol. The predicted octanol–water partition coefficient (Wildman–Crippen LogP) is 1.09. The number of hydrogen-bond acceptors (Lipinski definition) is 4. The van der Waals surface area contributed by atoms with E-state index < -0.39 is 12.0 Å². The molecule has 2 saturated heterocycles. The number of aliphatic carboxylic acids is 1. The molecule has 1 amide bonds. The molecule has 0 aromatic carbocycles. The summed E-state index contributed by atoms with van der Waals surface area (Å²) in [6.45, 7) is 3.36. The summed E-state index contributed by atoms with van der Waals surface area (Å²) in [5, 5.41) is 9.56. The quantitative estimate of drug-likeness (QED) is 0.861. The van der Waals surface area contributed by atoms with Crippen LogP contribution in [0.2, 0.25) is 0 Å². The monoisotopic (exact) mass is 332 g/mol. The first kappa shape index (κ1) is 15.6. The average molecular weight is 332 g/mol. The molecule has 0 bridgehead atoms. The summed E-state index contributed by atoms with van der Waals surface area (Å²) in [5.41, 5.74) is 1.09. The van der Waals surface area contributed by atoms with Gasteiger partial charge in [0, 0.05) is 30.9 Å². The molecule has 1 aromatic heterocycles. The van der Waals surface area contributed by atoms with Crippen LogP contribution in [0.3, 0.4) is 0 Å². The van der Waals surface area contributed by atoms with Crippen LogP contribution >= 0.6 is 0 Å². The maximum absolute atomic E-state index is 12.5. The largest absolute Gasteiger partial charge is 0.480 e. The standard InChI is InChI=1S/C17H24N4O3/c22-15(12-1-2-12)21-10-17(7-14(21)16(23)24)3-5-20(6-4-17)9-13-8-18-11-19-13/h8,11-12,14H,1-7,9-10H2,(H,18,19)(H,23,24)/t14-/m0/s1. The van der Waals surface area contributed by atoms with Gasteiger partial charge in [-0.15, -0.1) is 0 Å². The van der Waals surface area contributed by atoms with Gasteiger partial charge in [-0.3, -0.25) is 9.69 Å². The van der Waals surface area contributed by atoms with E-state index in [4.69, 9.17) is 0 Å². The molecule has 1 saturated carbocycles. The second-order valence-corrected chi connectivity index (χ2v) is 7.65. The summed E-state index contributed by atoms with van der Waals surface area (Å²) in [7, 11) is 0. The van der Waals surface area contributed by atoms with Gasteiger partial charge in [0.2, 0.25) is 5.91 Å². The van der Waals surface area contributed by atoms with Gasteiger partial charge in [-0.05, 0) is 50.6 Å². The number of nitrogens with one attached hydrogen (secondary N) is 1. The Kier molecular flexibility index (Phi) is 3.83. The van der Waals surface area contributed by atoms with E-state index in [2.05, 4.69) is 14.9 Å². The third-order valence-corrected chi connectivity index (χ3v) is 5.87. The molecule has 1 aromatic rings. The highest BCUT2D eigenvalue weighted by Crippen LogP contribution is 2.45. The number of hydrogen-bond donors (Lipinski definition) is 2. The van der Waals surface area contributed by atoms with E-state index in [1.165, 1.54) is 0 Å². The van der Waals surface area contributed by atoms with Crippen LogP contribution < -0.4 is 0 Å². The van der Waals surface area contributed by atoms with Gasteiger partial charge >= 0.3 is 5.97 Å². The summed E-state index contributed by atoms with van der Waals surface area (Å²) in [4.78, 5) is 35.3. The number of imidazole rings is 1. The first-order valence-electron chi connectivity index (χ1n) is 8.79. The minimum Gasteiger partial charge on any atom is -0.480 e. The molecule has 2 N–H and O–H groups in total. The molecule has 1 aliphatic carbocycles. The van der Waals surface area contributed by atoms with Gasteiger partial charge in [-0.25, -0.2) is 9.78 Å². The molecule has 0 radical (unpaired) electrons. The fourth-order valence-corrected chi connectivity index (χ4v) is 4.23. The highest BCUT2D eigenvalue weighted by atomic mass is 16.4. The van der Waals surface area contributed by atoms with Crippen molar-refractivity contribution in [1.29, 1.82) is 0 Å². The third-order valence-electron chi connectivity index (χ3n) is 5.87. The highest BCUT2D eigenvalue weighted by Gasteiger charge is 2.51. The highest BCUT2D eigenvalue weighted by molar-refractivity contribution is 5.87. The Hall–Kier alpha value is -1.89. The minimum atomic E-state index is -0.847. The van der Waals surface area contributed by atoms with Crippen molar-refractivity contribution in [2.75, 3.05) is 19.6 Å². The molecule has 24 heavy (non-hydrogen) atoms. The van der Waals surface area contributed by atoms with Gasteiger partial charge in [-0.1, -0.05) is 0 Å². The summed E-state index contributed by atoms with van der Waals surface area (Å²) in [6.07, 6.45) is 7.91. The second-order valence-electron chi connectivity index (χ2n) is 7.65. The van der Waals surface area contributed by atoms with Crippen LogP contribution in [-0.4, -0.2) is 62.4 Å². The van der Waals surface area contributed by atoms with E-state index >= 15 is 0 Å². The van der Waals surface area contributed by atoms with E-state index in [1.54, 1.807) is 11.2 Å². The molecule has 3 aliphatic rings. The molecule has 130 valence electrons. The van der Waals surface area contributed by atoms with Gasteiger partial charge in [0.25, 0.3) is 0 Å². The number of carboxylic acid groups (broad SMARTS) is 1.